The standard InChI is InChI=1S/C18H17N2.C15H28O2.Ir/c1-18(2,3)16-11-14(17-8-9-19-12-20-17)10-13-6-4-5-7-15(13)16;1-7-14(5,8-2)12(16)11-13(17)15(6,9-3)10-4;/h4-9,11-12H,1-3H3;11,16H,7-10H2,1-6H3;/q-1;;/b;12-11-;. The van der Waals surface area contributed by atoms with Crippen LogP contribution in [0.1, 0.15) is 93.6 Å². The molecule has 0 aliphatic heterocycles. The Morgan fingerprint density at radius 2 is 1.50 bits per heavy atom. The molecule has 5 heteroatoms. The molecule has 0 saturated carbocycles. The SMILES string of the molecule is CC(C)(C)c1cc(-c2ccncn2)[c-]c2ccccc12.CCC(C)(CC)C(=O)/C=C(\O)C(C)(CC)CC.[Ir]. The van der Waals surface area contributed by atoms with Crippen LogP contribution in [0.2, 0.25) is 0 Å². The number of fused-ring (bicyclic) bond motifs is 1. The third-order valence-electron chi connectivity index (χ3n) is 8.04. The molecule has 0 unspecified atom stereocenters. The molecule has 3 aromatic rings. The maximum Gasteiger partial charge on any atom is 0.164 e. The average molecular weight is 694 g/mol. The second-order valence-electron chi connectivity index (χ2n) is 11.4. The van der Waals surface area contributed by atoms with Gasteiger partial charge >= 0.3 is 0 Å². The number of benzene rings is 2. The maximum atomic E-state index is 12.2. The Kier molecular flexibility index (Phi) is 12.5. The van der Waals surface area contributed by atoms with Crippen LogP contribution in [0, 0.1) is 16.9 Å². The third kappa shape index (κ3) is 8.07. The van der Waals surface area contributed by atoms with Gasteiger partial charge in [0, 0.05) is 48.9 Å². The van der Waals surface area contributed by atoms with Crippen molar-refractivity contribution in [3.8, 4) is 11.3 Å². The number of hydrogen-bond acceptors (Lipinski definition) is 4. The van der Waals surface area contributed by atoms with E-state index in [2.05, 4.69) is 67.1 Å². The number of hydrogen-bond donors (Lipinski definition) is 1. The molecule has 4 nitrogen and oxygen atoms in total. The van der Waals surface area contributed by atoms with E-state index in [0.717, 1.165) is 42.3 Å². The van der Waals surface area contributed by atoms with Gasteiger partial charge in [0.2, 0.25) is 0 Å². The van der Waals surface area contributed by atoms with Gasteiger partial charge in [-0.05, 0) is 31.1 Å². The molecule has 0 spiro atoms. The molecule has 209 valence electrons. The first-order valence-electron chi connectivity index (χ1n) is 13.5. The summed E-state index contributed by atoms with van der Waals surface area (Å²) < 4.78 is 0. The van der Waals surface area contributed by atoms with Gasteiger partial charge in [-0.15, -0.1) is 29.1 Å². The summed E-state index contributed by atoms with van der Waals surface area (Å²) in [5, 5.41) is 12.5. The Bertz CT molecular complexity index is 1200. The van der Waals surface area contributed by atoms with Crippen molar-refractivity contribution in [2.24, 2.45) is 10.8 Å². The molecule has 2 aromatic carbocycles. The first-order chi connectivity index (χ1) is 17.3. The first-order valence-corrected chi connectivity index (χ1v) is 13.5. The van der Waals surface area contributed by atoms with E-state index in [1.54, 1.807) is 12.5 Å². The molecule has 0 amide bonds. The van der Waals surface area contributed by atoms with Crippen LogP contribution >= 0.6 is 0 Å². The second-order valence-corrected chi connectivity index (χ2v) is 11.4. The number of aliphatic hydroxyl groups is 1. The van der Waals surface area contributed by atoms with Crippen LogP contribution in [0.25, 0.3) is 22.0 Å². The van der Waals surface area contributed by atoms with Gasteiger partial charge in [-0.2, -0.15) is 0 Å². The summed E-state index contributed by atoms with van der Waals surface area (Å²) in [4.78, 5) is 20.5. The molecule has 0 aliphatic rings. The van der Waals surface area contributed by atoms with Crippen molar-refractivity contribution in [2.45, 2.75) is 93.4 Å². The number of rotatable bonds is 8. The normalized spacial score (nSPS) is 12.4. The number of aromatic nitrogens is 2. The molecule has 3 rings (SSSR count). The summed E-state index contributed by atoms with van der Waals surface area (Å²) in [5.74, 6) is 0.286. The van der Waals surface area contributed by atoms with Gasteiger partial charge in [0.05, 0.1) is 0 Å². The fourth-order valence-corrected chi connectivity index (χ4v) is 4.12. The van der Waals surface area contributed by atoms with Gasteiger partial charge in [-0.25, -0.2) is 4.98 Å². The van der Waals surface area contributed by atoms with Crippen molar-refractivity contribution in [3.05, 3.63) is 72.4 Å². The summed E-state index contributed by atoms with van der Waals surface area (Å²) in [6.45, 7) is 18.8. The number of nitrogens with zero attached hydrogens (tertiary/aromatic N) is 2. The van der Waals surface area contributed by atoms with Crippen LogP contribution in [-0.4, -0.2) is 20.9 Å². The Labute approximate surface area is 243 Å². The van der Waals surface area contributed by atoms with E-state index in [0.29, 0.717) is 0 Å². The first kappa shape index (κ1) is 33.7. The molecule has 1 heterocycles. The average Bonchev–Trinajstić information content (AvgIpc) is 2.91. The van der Waals surface area contributed by atoms with Gasteiger partial charge in [0.25, 0.3) is 0 Å². The fraction of sp³-hybridized carbons (Fsp3) is 0.485. The molecular weight excluding hydrogens is 649 g/mol. The van der Waals surface area contributed by atoms with E-state index in [1.807, 2.05) is 47.6 Å². The molecular formula is C33H45IrN2O2-. The van der Waals surface area contributed by atoms with E-state index in [-0.39, 0.29) is 47.9 Å². The minimum absolute atomic E-state index is 0. The number of carbonyl (C=O) groups is 1. The Balaban J connectivity index is 0.000000377. The van der Waals surface area contributed by atoms with Gasteiger partial charge in [0.15, 0.2) is 5.78 Å². The molecule has 0 fully saturated rings. The zero-order chi connectivity index (χ0) is 27.9. The fourth-order valence-electron chi connectivity index (χ4n) is 4.12. The number of aliphatic hydroxyl groups excluding tert-OH is 1. The number of carbonyl (C=O) groups excluding carboxylic acids is 1. The predicted molar refractivity (Wildman–Crippen MR) is 156 cm³/mol. The van der Waals surface area contributed by atoms with Crippen LogP contribution < -0.4 is 0 Å². The van der Waals surface area contributed by atoms with Crippen LogP contribution in [0.5, 0.6) is 0 Å². The number of ketones is 1. The van der Waals surface area contributed by atoms with Gasteiger partial charge < -0.3 is 5.11 Å². The molecule has 1 radical (unpaired) electrons. The maximum absolute atomic E-state index is 12.2. The molecule has 0 bridgehead atoms. The molecule has 0 aliphatic carbocycles. The Hall–Kier alpha value is -2.36. The van der Waals surface area contributed by atoms with Gasteiger partial charge in [-0.1, -0.05) is 97.5 Å². The molecule has 0 atom stereocenters. The number of allylic oxidation sites excluding steroid dienone is 2. The Morgan fingerprint density at radius 1 is 0.921 bits per heavy atom. The van der Waals surface area contributed by atoms with Crippen molar-refractivity contribution in [1.82, 2.24) is 9.97 Å². The van der Waals surface area contributed by atoms with E-state index < -0.39 is 0 Å². The minimum Gasteiger partial charge on any atom is -0.512 e. The van der Waals surface area contributed by atoms with Crippen LogP contribution in [0.15, 0.2) is 60.8 Å². The van der Waals surface area contributed by atoms with E-state index in [9.17, 15) is 9.90 Å². The van der Waals surface area contributed by atoms with Crippen molar-refractivity contribution >= 4 is 16.6 Å². The largest absolute Gasteiger partial charge is 0.512 e. The Morgan fingerprint density at radius 3 is 2.00 bits per heavy atom. The molecule has 1 N–H and O–H groups in total. The van der Waals surface area contributed by atoms with Gasteiger partial charge in [-0.3, -0.25) is 9.78 Å². The molecule has 0 saturated heterocycles. The quantitative estimate of drug-likeness (QED) is 0.145. The van der Waals surface area contributed by atoms with Crippen molar-refractivity contribution in [1.29, 1.82) is 0 Å². The van der Waals surface area contributed by atoms with Crippen molar-refractivity contribution in [3.63, 3.8) is 0 Å². The van der Waals surface area contributed by atoms with E-state index in [4.69, 9.17) is 0 Å². The summed E-state index contributed by atoms with van der Waals surface area (Å²) in [7, 11) is 0. The molecule has 38 heavy (non-hydrogen) atoms. The molecule has 1 aromatic heterocycles. The smallest absolute Gasteiger partial charge is 0.164 e. The second kappa shape index (κ2) is 14.1. The topological polar surface area (TPSA) is 63.1 Å². The van der Waals surface area contributed by atoms with Crippen LogP contribution in [-0.2, 0) is 30.3 Å². The van der Waals surface area contributed by atoms with Gasteiger partial charge in [0.1, 0.15) is 12.1 Å². The zero-order valence-corrected chi connectivity index (χ0v) is 27.0. The minimum atomic E-state index is -0.337. The predicted octanol–water partition coefficient (Wildman–Crippen LogP) is 9.04. The monoisotopic (exact) mass is 694 g/mol. The zero-order valence-electron chi connectivity index (χ0n) is 24.6. The summed E-state index contributed by atoms with van der Waals surface area (Å²) in [6, 6.07) is 16.0. The summed E-state index contributed by atoms with van der Waals surface area (Å²) in [6.07, 6.45) is 8.10. The van der Waals surface area contributed by atoms with Crippen molar-refractivity contribution in [2.75, 3.05) is 0 Å². The van der Waals surface area contributed by atoms with E-state index in [1.165, 1.54) is 17.0 Å². The van der Waals surface area contributed by atoms with Crippen molar-refractivity contribution < 1.29 is 30.0 Å². The van der Waals surface area contributed by atoms with Crippen LogP contribution in [0.4, 0.5) is 0 Å². The van der Waals surface area contributed by atoms with Crippen LogP contribution in [0.3, 0.4) is 0 Å². The summed E-state index contributed by atoms with van der Waals surface area (Å²) in [5.41, 5.74) is 2.73. The van der Waals surface area contributed by atoms with E-state index >= 15 is 0 Å². The third-order valence-corrected chi connectivity index (χ3v) is 8.04. The summed E-state index contributed by atoms with van der Waals surface area (Å²) >= 11 is 0.